The molecule has 0 aromatic heterocycles. The van der Waals surface area contributed by atoms with E-state index in [9.17, 15) is 18.0 Å². The topological polar surface area (TPSA) is 54.0 Å². The first-order valence-electron chi connectivity index (χ1n) is 9.15. The molecule has 5 nitrogen and oxygen atoms in total. The predicted molar refractivity (Wildman–Crippen MR) is 123 cm³/mol. The predicted octanol–water partition coefficient (Wildman–Crippen LogP) is 6.95. The zero-order chi connectivity index (χ0) is 24.6. The van der Waals surface area contributed by atoms with Crippen LogP contribution in [0.2, 0.25) is 10.0 Å². The van der Waals surface area contributed by atoms with E-state index in [1.54, 1.807) is 24.3 Å². The average molecular weight is 570 g/mol. The minimum Gasteiger partial charge on any atom is -0.503 e. The Morgan fingerprint density at radius 1 is 1.09 bits per heavy atom. The minimum atomic E-state index is -4.52. The van der Waals surface area contributed by atoms with Crippen LogP contribution in [-0.2, 0) is 20.9 Å². The Hall–Kier alpha value is -2.36. The summed E-state index contributed by atoms with van der Waals surface area (Å²) in [5.74, 6) is -0.279. The van der Waals surface area contributed by atoms with Crippen LogP contribution in [0.1, 0.15) is 11.1 Å². The third-order valence-electron chi connectivity index (χ3n) is 4.08. The maximum absolute atomic E-state index is 12.5. The number of hydrogen-bond donors (Lipinski definition) is 0. The number of hydrogen-bond acceptors (Lipinski definition) is 5. The van der Waals surface area contributed by atoms with Crippen LogP contribution in [0.3, 0.4) is 0 Å². The fraction of sp³-hybridized carbons (Fsp3) is 0.227. The standard InChI is InChI=1S/C22H18BrCl2F3O5/c1-30-12-16(21(29)31-2)15-6-4-3-5-13(15)11-33-14-9-17(24)20(18(25)10-14)32-8-7-19(23)22(26,27)28/h3-7,9-10,12H,8,11H2,1-2H3. The van der Waals surface area contributed by atoms with Gasteiger partial charge in [0.15, 0.2) is 5.75 Å². The van der Waals surface area contributed by atoms with Gasteiger partial charge in [0, 0.05) is 12.1 Å². The van der Waals surface area contributed by atoms with Crippen LogP contribution in [0.15, 0.2) is 53.2 Å². The number of carbonyl (C=O) groups is 1. The molecule has 0 saturated heterocycles. The van der Waals surface area contributed by atoms with Crippen molar-refractivity contribution in [2.45, 2.75) is 12.8 Å². The quantitative estimate of drug-likeness (QED) is 0.186. The molecule has 0 amide bonds. The van der Waals surface area contributed by atoms with E-state index in [0.29, 0.717) is 11.1 Å². The number of benzene rings is 2. The SMILES string of the molecule is COC=C(C(=O)OC)c1ccccc1COc1cc(Cl)c(OCC=C(Br)C(F)(F)F)c(Cl)c1. The molecule has 0 unspecified atom stereocenters. The molecule has 0 spiro atoms. The molecule has 0 saturated carbocycles. The van der Waals surface area contributed by atoms with E-state index in [1.165, 1.54) is 32.6 Å². The second kappa shape index (κ2) is 12.2. The lowest BCUT2D eigenvalue weighted by molar-refractivity contribution is -0.133. The van der Waals surface area contributed by atoms with E-state index in [1.807, 2.05) is 0 Å². The molecular formula is C22H18BrCl2F3O5. The van der Waals surface area contributed by atoms with Crippen LogP contribution in [-0.4, -0.2) is 33.0 Å². The Balaban J connectivity index is 2.18. The first-order valence-corrected chi connectivity index (χ1v) is 10.7. The number of esters is 1. The number of alkyl halides is 3. The Morgan fingerprint density at radius 3 is 2.30 bits per heavy atom. The first kappa shape index (κ1) is 26.9. The van der Waals surface area contributed by atoms with E-state index in [-0.39, 0.29) is 33.7 Å². The van der Waals surface area contributed by atoms with Crippen LogP contribution in [0.25, 0.3) is 5.57 Å². The van der Waals surface area contributed by atoms with E-state index < -0.39 is 23.2 Å². The van der Waals surface area contributed by atoms with Crippen molar-refractivity contribution in [2.24, 2.45) is 0 Å². The van der Waals surface area contributed by atoms with Gasteiger partial charge in [-0.15, -0.1) is 0 Å². The van der Waals surface area contributed by atoms with Crippen molar-refractivity contribution in [2.75, 3.05) is 20.8 Å². The fourth-order valence-corrected chi connectivity index (χ4v) is 3.30. The van der Waals surface area contributed by atoms with Gasteiger partial charge in [0.05, 0.1) is 35.0 Å². The van der Waals surface area contributed by atoms with Gasteiger partial charge in [-0.2, -0.15) is 13.2 Å². The Labute approximate surface area is 206 Å². The minimum absolute atomic E-state index is 0.0146. The molecule has 11 heteroatoms. The highest BCUT2D eigenvalue weighted by Gasteiger charge is 2.31. The molecule has 178 valence electrons. The summed E-state index contributed by atoms with van der Waals surface area (Å²) >= 11 is 14.8. The van der Waals surface area contributed by atoms with Gasteiger partial charge in [-0.05, 0) is 33.1 Å². The summed E-state index contributed by atoms with van der Waals surface area (Å²) in [6.07, 6.45) is -2.44. The molecule has 33 heavy (non-hydrogen) atoms. The monoisotopic (exact) mass is 568 g/mol. The number of ether oxygens (including phenoxy) is 4. The fourth-order valence-electron chi connectivity index (χ4n) is 2.59. The van der Waals surface area contributed by atoms with Crippen molar-refractivity contribution in [1.29, 1.82) is 0 Å². The summed E-state index contributed by atoms with van der Waals surface area (Å²) < 4.78 is 57.4. The molecule has 0 fully saturated rings. The van der Waals surface area contributed by atoms with Crippen LogP contribution >= 0.6 is 39.1 Å². The third-order valence-corrected chi connectivity index (χ3v) is 5.41. The van der Waals surface area contributed by atoms with Gasteiger partial charge in [0.1, 0.15) is 24.5 Å². The number of allylic oxidation sites excluding steroid dienone is 1. The van der Waals surface area contributed by atoms with Crippen LogP contribution in [0.5, 0.6) is 11.5 Å². The van der Waals surface area contributed by atoms with Gasteiger partial charge in [0.2, 0.25) is 0 Å². The van der Waals surface area contributed by atoms with Crippen molar-refractivity contribution in [3.63, 3.8) is 0 Å². The van der Waals surface area contributed by atoms with E-state index in [0.717, 1.165) is 6.08 Å². The first-order chi connectivity index (χ1) is 15.6. The number of rotatable bonds is 9. The molecule has 2 aromatic carbocycles. The Bertz CT molecular complexity index is 1030. The van der Waals surface area contributed by atoms with Gasteiger partial charge >= 0.3 is 12.1 Å². The lowest BCUT2D eigenvalue weighted by Gasteiger charge is -2.14. The van der Waals surface area contributed by atoms with Gasteiger partial charge in [-0.25, -0.2) is 4.79 Å². The number of carbonyl (C=O) groups excluding carboxylic acids is 1. The largest absolute Gasteiger partial charge is 0.503 e. The van der Waals surface area contributed by atoms with Crippen molar-refractivity contribution in [1.82, 2.24) is 0 Å². The second-order valence-electron chi connectivity index (χ2n) is 6.28. The molecule has 0 atom stereocenters. The molecule has 2 aromatic rings. The smallest absolute Gasteiger partial charge is 0.422 e. The Kier molecular flexibility index (Phi) is 9.94. The third kappa shape index (κ3) is 7.58. The second-order valence-corrected chi connectivity index (χ2v) is 7.95. The van der Waals surface area contributed by atoms with Crippen LogP contribution in [0, 0.1) is 0 Å². The molecule has 0 radical (unpaired) electrons. The van der Waals surface area contributed by atoms with E-state index in [4.69, 9.17) is 42.1 Å². The maximum atomic E-state index is 12.5. The molecule has 0 aliphatic carbocycles. The van der Waals surface area contributed by atoms with Crippen molar-refractivity contribution >= 4 is 50.7 Å². The van der Waals surface area contributed by atoms with Crippen molar-refractivity contribution in [3.8, 4) is 11.5 Å². The van der Waals surface area contributed by atoms with E-state index >= 15 is 0 Å². The van der Waals surface area contributed by atoms with Crippen molar-refractivity contribution in [3.05, 3.63) is 74.4 Å². The highest BCUT2D eigenvalue weighted by atomic mass is 79.9. The molecule has 0 aliphatic rings. The summed E-state index contributed by atoms with van der Waals surface area (Å²) in [6.45, 7) is -0.363. The summed E-state index contributed by atoms with van der Waals surface area (Å²) in [6, 6.07) is 9.82. The molecule has 0 bridgehead atoms. The highest BCUT2D eigenvalue weighted by Crippen LogP contribution is 2.38. The average Bonchev–Trinajstić information content (AvgIpc) is 2.76. The summed E-state index contributed by atoms with van der Waals surface area (Å²) in [5, 5.41) is 0.105. The molecule has 0 aliphatic heterocycles. The molecule has 0 N–H and O–H groups in total. The van der Waals surface area contributed by atoms with E-state index in [2.05, 4.69) is 15.9 Å². The number of methoxy groups -OCH3 is 2. The van der Waals surface area contributed by atoms with Gasteiger partial charge in [-0.1, -0.05) is 47.5 Å². The zero-order valence-corrected chi connectivity index (χ0v) is 20.4. The molecular weight excluding hydrogens is 552 g/mol. The lowest BCUT2D eigenvalue weighted by Crippen LogP contribution is -2.08. The normalized spacial score (nSPS) is 12.4. The van der Waals surface area contributed by atoms with Crippen LogP contribution < -0.4 is 9.47 Å². The summed E-state index contributed by atoms with van der Waals surface area (Å²) in [7, 11) is 2.67. The van der Waals surface area contributed by atoms with Gasteiger partial charge in [0.25, 0.3) is 0 Å². The zero-order valence-electron chi connectivity index (χ0n) is 17.3. The van der Waals surface area contributed by atoms with Gasteiger partial charge in [-0.3, -0.25) is 0 Å². The summed E-state index contributed by atoms with van der Waals surface area (Å²) in [5.41, 5.74) is 1.41. The summed E-state index contributed by atoms with van der Waals surface area (Å²) in [4.78, 5) is 12.1. The molecule has 2 rings (SSSR count). The van der Waals surface area contributed by atoms with Gasteiger partial charge < -0.3 is 18.9 Å². The van der Waals surface area contributed by atoms with Crippen molar-refractivity contribution < 1.29 is 36.9 Å². The molecule has 0 heterocycles. The highest BCUT2D eigenvalue weighted by molar-refractivity contribution is 9.11. The lowest BCUT2D eigenvalue weighted by atomic mass is 10.0. The maximum Gasteiger partial charge on any atom is 0.422 e. The number of halogens is 6. The Morgan fingerprint density at radius 2 is 1.73 bits per heavy atom. The van der Waals surface area contributed by atoms with Crippen LogP contribution in [0.4, 0.5) is 13.2 Å².